The number of nitrogens with zero attached hydrogens (tertiary/aromatic N) is 1. The third-order valence-corrected chi connectivity index (χ3v) is 7.47. The molecule has 1 N–H and O–H groups in total. The largest absolute Gasteiger partial charge is 0.416 e. The van der Waals surface area contributed by atoms with Crippen LogP contribution in [0.1, 0.15) is 63.5 Å². The molecule has 2 amide bonds. The third-order valence-electron chi connectivity index (χ3n) is 6.22. The van der Waals surface area contributed by atoms with Gasteiger partial charge in [-0.05, 0) is 62.1 Å². The predicted octanol–water partition coefficient (Wildman–Crippen LogP) is 6.12. The molecule has 10 heteroatoms. The van der Waals surface area contributed by atoms with Crippen molar-refractivity contribution in [2.75, 3.05) is 0 Å². The Kier molecular flexibility index (Phi) is 8.69. The van der Waals surface area contributed by atoms with Crippen molar-refractivity contribution in [1.29, 1.82) is 0 Å². The highest BCUT2D eigenvalue weighted by Crippen LogP contribution is 2.31. The fraction of sp³-hybridized carbons (Fsp3) is 0.480. The van der Waals surface area contributed by atoms with E-state index < -0.39 is 26.8 Å². The fourth-order valence-corrected chi connectivity index (χ4v) is 5.02. The first kappa shape index (κ1) is 26.8. The SMILES string of the molecule is CCC(C)N(Cc1cccc(OS(=O)(=O)c2cccc(C(F)(F)F)c2)c1)C(=O)NC1CCCCC1. The number of carbonyl (C=O) groups excluding carboxylic acids is 1. The molecule has 2 aromatic carbocycles. The lowest BCUT2D eigenvalue weighted by Crippen LogP contribution is -2.48. The van der Waals surface area contributed by atoms with E-state index in [0.717, 1.165) is 50.3 Å². The van der Waals surface area contributed by atoms with Crippen LogP contribution >= 0.6 is 0 Å². The fourth-order valence-electron chi connectivity index (χ4n) is 4.05. The molecule has 1 aliphatic rings. The Morgan fingerprint density at radius 3 is 2.46 bits per heavy atom. The summed E-state index contributed by atoms with van der Waals surface area (Å²) in [7, 11) is -4.49. The summed E-state index contributed by atoms with van der Waals surface area (Å²) in [5.41, 5.74) is -0.440. The monoisotopic (exact) mass is 512 g/mol. The highest BCUT2D eigenvalue weighted by atomic mass is 32.2. The van der Waals surface area contributed by atoms with E-state index in [0.29, 0.717) is 11.6 Å². The molecule has 0 aliphatic heterocycles. The Hall–Kier alpha value is -2.75. The second-order valence-electron chi connectivity index (χ2n) is 8.88. The molecule has 3 rings (SSSR count). The first-order valence-electron chi connectivity index (χ1n) is 11.8. The van der Waals surface area contributed by atoms with Crippen LogP contribution in [0.5, 0.6) is 5.75 Å². The van der Waals surface area contributed by atoms with E-state index in [1.165, 1.54) is 18.6 Å². The van der Waals surface area contributed by atoms with E-state index in [1.807, 2.05) is 13.8 Å². The zero-order valence-corrected chi connectivity index (χ0v) is 20.7. The maximum absolute atomic E-state index is 13.0. The highest BCUT2D eigenvalue weighted by Gasteiger charge is 2.32. The molecule has 2 aromatic rings. The number of hydrogen-bond acceptors (Lipinski definition) is 4. The molecule has 0 bridgehead atoms. The number of carbonyl (C=O) groups is 1. The van der Waals surface area contributed by atoms with Crippen molar-refractivity contribution in [3.63, 3.8) is 0 Å². The number of alkyl halides is 3. The van der Waals surface area contributed by atoms with Crippen molar-refractivity contribution in [1.82, 2.24) is 10.2 Å². The summed E-state index contributed by atoms with van der Waals surface area (Å²) in [6.45, 7) is 4.15. The number of halogens is 3. The zero-order valence-electron chi connectivity index (χ0n) is 19.8. The van der Waals surface area contributed by atoms with E-state index in [9.17, 15) is 26.4 Å². The first-order valence-corrected chi connectivity index (χ1v) is 13.2. The number of benzene rings is 2. The Labute approximate surface area is 204 Å². The second kappa shape index (κ2) is 11.3. The lowest BCUT2D eigenvalue weighted by Gasteiger charge is -2.32. The van der Waals surface area contributed by atoms with Crippen molar-refractivity contribution in [3.05, 3.63) is 59.7 Å². The van der Waals surface area contributed by atoms with Crippen LogP contribution < -0.4 is 9.50 Å². The van der Waals surface area contributed by atoms with Gasteiger partial charge >= 0.3 is 22.3 Å². The normalized spacial score (nSPS) is 15.9. The van der Waals surface area contributed by atoms with Gasteiger partial charge in [0.2, 0.25) is 0 Å². The molecular formula is C25H31F3N2O4S. The van der Waals surface area contributed by atoms with Crippen molar-refractivity contribution >= 4 is 16.1 Å². The van der Waals surface area contributed by atoms with Gasteiger partial charge in [-0.25, -0.2) is 4.79 Å². The van der Waals surface area contributed by atoms with Gasteiger partial charge in [0.15, 0.2) is 0 Å². The van der Waals surface area contributed by atoms with Crippen LogP contribution in [-0.2, 0) is 22.8 Å². The molecule has 6 nitrogen and oxygen atoms in total. The van der Waals surface area contributed by atoms with Crippen LogP contribution in [-0.4, -0.2) is 31.4 Å². The number of amides is 2. The molecule has 0 radical (unpaired) electrons. The summed E-state index contributed by atoms with van der Waals surface area (Å²) in [5.74, 6) is -0.0447. The highest BCUT2D eigenvalue weighted by molar-refractivity contribution is 7.87. The molecule has 192 valence electrons. The van der Waals surface area contributed by atoms with Gasteiger partial charge < -0.3 is 14.4 Å². The molecule has 1 atom stereocenters. The van der Waals surface area contributed by atoms with E-state index in [2.05, 4.69) is 5.32 Å². The number of rotatable bonds is 8. The summed E-state index contributed by atoms with van der Waals surface area (Å²) < 4.78 is 69.4. The molecule has 0 spiro atoms. The maximum Gasteiger partial charge on any atom is 0.416 e. The van der Waals surface area contributed by atoms with E-state index in [-0.39, 0.29) is 30.4 Å². The van der Waals surface area contributed by atoms with Crippen LogP contribution in [0.25, 0.3) is 0 Å². The first-order chi connectivity index (χ1) is 16.5. The average molecular weight is 513 g/mol. The van der Waals surface area contributed by atoms with Crippen LogP contribution in [0.15, 0.2) is 53.4 Å². The van der Waals surface area contributed by atoms with Gasteiger partial charge in [-0.2, -0.15) is 21.6 Å². The van der Waals surface area contributed by atoms with Crippen LogP contribution in [0, 0.1) is 0 Å². The molecule has 1 fully saturated rings. The van der Waals surface area contributed by atoms with Gasteiger partial charge in [-0.3, -0.25) is 0 Å². The van der Waals surface area contributed by atoms with E-state index in [4.69, 9.17) is 4.18 Å². The lowest BCUT2D eigenvalue weighted by molar-refractivity contribution is -0.137. The smallest absolute Gasteiger partial charge is 0.379 e. The maximum atomic E-state index is 13.0. The summed E-state index contributed by atoms with van der Waals surface area (Å²) in [5, 5.41) is 3.11. The van der Waals surface area contributed by atoms with Gasteiger partial charge in [-0.15, -0.1) is 0 Å². The van der Waals surface area contributed by atoms with Crippen LogP contribution in [0.3, 0.4) is 0 Å². The lowest BCUT2D eigenvalue weighted by atomic mass is 9.96. The van der Waals surface area contributed by atoms with Crippen molar-refractivity contribution in [2.45, 2.75) is 82.1 Å². The Morgan fingerprint density at radius 1 is 1.11 bits per heavy atom. The molecule has 0 heterocycles. The molecule has 1 aliphatic carbocycles. The molecule has 1 unspecified atom stereocenters. The van der Waals surface area contributed by atoms with Gasteiger partial charge in [0.25, 0.3) is 0 Å². The number of nitrogens with one attached hydrogen (secondary N) is 1. The summed E-state index contributed by atoms with van der Waals surface area (Å²) in [6.07, 6.45) is 1.33. The van der Waals surface area contributed by atoms with Crippen LogP contribution in [0.4, 0.5) is 18.0 Å². The number of urea groups is 1. The van der Waals surface area contributed by atoms with Gasteiger partial charge in [0.1, 0.15) is 10.6 Å². The predicted molar refractivity (Wildman–Crippen MR) is 126 cm³/mol. The quantitative estimate of drug-likeness (QED) is 0.433. The van der Waals surface area contributed by atoms with Gasteiger partial charge in [-0.1, -0.05) is 44.4 Å². The zero-order chi connectivity index (χ0) is 25.6. The van der Waals surface area contributed by atoms with Crippen molar-refractivity contribution < 1.29 is 30.6 Å². The molecule has 0 saturated heterocycles. The summed E-state index contributed by atoms with van der Waals surface area (Å²) in [6, 6.07) is 9.53. The number of hydrogen-bond donors (Lipinski definition) is 1. The van der Waals surface area contributed by atoms with Crippen molar-refractivity contribution in [3.8, 4) is 5.75 Å². The average Bonchev–Trinajstić information content (AvgIpc) is 2.82. The minimum Gasteiger partial charge on any atom is -0.379 e. The van der Waals surface area contributed by atoms with E-state index in [1.54, 1.807) is 17.0 Å². The summed E-state index contributed by atoms with van der Waals surface area (Å²) in [4.78, 5) is 14.1. The minimum absolute atomic E-state index is 0.0447. The Balaban J connectivity index is 1.76. The minimum atomic E-state index is -4.68. The van der Waals surface area contributed by atoms with E-state index >= 15 is 0 Å². The standard InChI is InChI=1S/C25H31F3N2O4S/c1-3-18(2)30(24(31)29-21-11-5-4-6-12-21)17-19-9-7-13-22(15-19)34-35(32,33)23-14-8-10-20(16-23)25(26,27)28/h7-10,13-16,18,21H,3-6,11-12,17H2,1-2H3,(H,29,31). The van der Waals surface area contributed by atoms with Crippen LogP contribution in [0.2, 0.25) is 0 Å². The topological polar surface area (TPSA) is 75.7 Å². The van der Waals surface area contributed by atoms with Crippen molar-refractivity contribution in [2.24, 2.45) is 0 Å². The Morgan fingerprint density at radius 2 is 1.80 bits per heavy atom. The molecule has 0 aromatic heterocycles. The molecule has 35 heavy (non-hydrogen) atoms. The van der Waals surface area contributed by atoms with Gasteiger partial charge in [0, 0.05) is 18.6 Å². The third kappa shape index (κ3) is 7.37. The van der Waals surface area contributed by atoms with Gasteiger partial charge in [0.05, 0.1) is 5.56 Å². The molecular weight excluding hydrogens is 481 g/mol. The summed E-state index contributed by atoms with van der Waals surface area (Å²) >= 11 is 0. The Bertz CT molecular complexity index is 1120. The second-order valence-corrected chi connectivity index (χ2v) is 10.4. The molecule has 1 saturated carbocycles.